The molecular formula is C20H37N3O2. The van der Waals surface area contributed by atoms with Crippen LogP contribution in [0.4, 0.5) is 0 Å². The van der Waals surface area contributed by atoms with E-state index in [1.54, 1.807) is 0 Å². The Hall–Kier alpha value is -0.650. The maximum Gasteiger partial charge on any atom is 0.223 e. The lowest BCUT2D eigenvalue weighted by Gasteiger charge is -2.39. The van der Waals surface area contributed by atoms with E-state index < -0.39 is 0 Å². The second-order valence-electron chi connectivity index (χ2n) is 8.26. The molecule has 5 nitrogen and oxygen atoms in total. The molecule has 2 N–H and O–H groups in total. The first-order valence-electron chi connectivity index (χ1n) is 10.6. The summed E-state index contributed by atoms with van der Waals surface area (Å²) in [6.07, 6.45) is 12.5. The lowest BCUT2D eigenvalue weighted by atomic mass is 9.90. The standard InChI is InChI=1S/C20H37N3O2/c24-16-19-8-4-5-12-22(19)15-11-21-20(25)17-9-13-23(14-10-17)18-6-2-1-3-7-18/h17-19,24H,1-16H2,(H,21,25)/t19-/m1/s1. The van der Waals surface area contributed by atoms with Crippen molar-refractivity contribution >= 4 is 5.91 Å². The molecule has 0 aromatic rings. The molecule has 144 valence electrons. The van der Waals surface area contributed by atoms with Crippen molar-refractivity contribution < 1.29 is 9.90 Å². The van der Waals surface area contributed by atoms with Crippen molar-refractivity contribution in [2.45, 2.75) is 76.3 Å². The van der Waals surface area contributed by atoms with Gasteiger partial charge in [0.15, 0.2) is 0 Å². The molecular weight excluding hydrogens is 314 g/mol. The minimum atomic E-state index is 0.204. The first kappa shape index (κ1) is 19.1. The highest BCUT2D eigenvalue weighted by Gasteiger charge is 2.29. The summed E-state index contributed by atoms with van der Waals surface area (Å²) >= 11 is 0. The van der Waals surface area contributed by atoms with Crippen LogP contribution in [0.5, 0.6) is 0 Å². The summed E-state index contributed by atoms with van der Waals surface area (Å²) in [6.45, 7) is 5.09. The van der Waals surface area contributed by atoms with Gasteiger partial charge in [0.05, 0.1) is 6.61 Å². The molecule has 0 unspecified atom stereocenters. The molecule has 3 fully saturated rings. The number of likely N-dealkylation sites (tertiary alicyclic amines) is 2. The van der Waals surface area contributed by atoms with Crippen LogP contribution in [0.15, 0.2) is 0 Å². The topological polar surface area (TPSA) is 55.8 Å². The number of aliphatic hydroxyl groups excluding tert-OH is 1. The molecule has 0 bridgehead atoms. The molecule has 1 saturated carbocycles. The lowest BCUT2D eigenvalue weighted by Crippen LogP contribution is -2.48. The van der Waals surface area contributed by atoms with Crippen molar-refractivity contribution in [2.24, 2.45) is 5.92 Å². The molecule has 5 heteroatoms. The number of aliphatic hydroxyl groups is 1. The molecule has 3 aliphatic rings. The fourth-order valence-corrected chi connectivity index (χ4v) is 5.00. The van der Waals surface area contributed by atoms with E-state index in [2.05, 4.69) is 15.1 Å². The molecule has 1 aliphatic carbocycles. The summed E-state index contributed by atoms with van der Waals surface area (Å²) in [5.74, 6) is 0.454. The zero-order valence-electron chi connectivity index (χ0n) is 15.8. The van der Waals surface area contributed by atoms with Crippen LogP contribution in [0.3, 0.4) is 0 Å². The number of carbonyl (C=O) groups excluding carboxylic acids is 1. The number of hydrogen-bond acceptors (Lipinski definition) is 4. The quantitative estimate of drug-likeness (QED) is 0.768. The number of carbonyl (C=O) groups is 1. The maximum atomic E-state index is 12.5. The summed E-state index contributed by atoms with van der Waals surface area (Å²) in [6, 6.07) is 1.08. The molecule has 1 amide bonds. The minimum Gasteiger partial charge on any atom is -0.395 e. The van der Waals surface area contributed by atoms with Crippen molar-refractivity contribution in [1.82, 2.24) is 15.1 Å². The van der Waals surface area contributed by atoms with E-state index in [0.717, 1.165) is 58.0 Å². The number of nitrogens with one attached hydrogen (secondary N) is 1. The molecule has 0 spiro atoms. The van der Waals surface area contributed by atoms with Crippen LogP contribution < -0.4 is 5.32 Å². The van der Waals surface area contributed by atoms with Crippen LogP contribution in [-0.2, 0) is 4.79 Å². The smallest absolute Gasteiger partial charge is 0.223 e. The average Bonchev–Trinajstić information content (AvgIpc) is 2.69. The van der Waals surface area contributed by atoms with Crippen LogP contribution in [0.2, 0.25) is 0 Å². The zero-order chi connectivity index (χ0) is 17.5. The summed E-state index contributed by atoms with van der Waals surface area (Å²) in [5, 5.41) is 12.6. The fraction of sp³-hybridized carbons (Fsp3) is 0.950. The first-order valence-corrected chi connectivity index (χ1v) is 10.6. The van der Waals surface area contributed by atoms with Crippen LogP contribution in [0.1, 0.15) is 64.2 Å². The second kappa shape index (κ2) is 9.89. The minimum absolute atomic E-state index is 0.204. The third-order valence-corrected chi connectivity index (χ3v) is 6.65. The van der Waals surface area contributed by atoms with Crippen molar-refractivity contribution in [3.63, 3.8) is 0 Å². The number of piperidine rings is 2. The summed E-state index contributed by atoms with van der Waals surface area (Å²) < 4.78 is 0. The highest BCUT2D eigenvalue weighted by Crippen LogP contribution is 2.27. The normalized spacial score (nSPS) is 28.1. The van der Waals surface area contributed by atoms with Gasteiger partial charge in [-0.2, -0.15) is 0 Å². The average molecular weight is 352 g/mol. The zero-order valence-corrected chi connectivity index (χ0v) is 15.8. The van der Waals surface area contributed by atoms with Crippen LogP contribution in [-0.4, -0.2) is 72.2 Å². The van der Waals surface area contributed by atoms with E-state index in [4.69, 9.17) is 0 Å². The predicted octanol–water partition coefficient (Wildman–Crippen LogP) is 1.99. The Balaban J connectivity index is 1.33. The number of amides is 1. The number of nitrogens with zero attached hydrogens (tertiary/aromatic N) is 2. The third-order valence-electron chi connectivity index (χ3n) is 6.65. The van der Waals surface area contributed by atoms with Gasteiger partial charge < -0.3 is 15.3 Å². The molecule has 0 aromatic carbocycles. The highest BCUT2D eigenvalue weighted by molar-refractivity contribution is 5.78. The Labute approximate surface area is 153 Å². The first-order chi connectivity index (χ1) is 12.3. The number of hydrogen-bond donors (Lipinski definition) is 2. The van der Waals surface area contributed by atoms with Crippen molar-refractivity contribution in [1.29, 1.82) is 0 Å². The van der Waals surface area contributed by atoms with E-state index in [-0.39, 0.29) is 18.4 Å². The lowest BCUT2D eigenvalue weighted by molar-refractivity contribution is -0.126. The monoisotopic (exact) mass is 351 g/mol. The van der Waals surface area contributed by atoms with Gasteiger partial charge in [-0.25, -0.2) is 0 Å². The summed E-state index contributed by atoms with van der Waals surface area (Å²) in [7, 11) is 0. The van der Waals surface area contributed by atoms with E-state index in [1.807, 2.05) is 0 Å². The molecule has 0 radical (unpaired) electrons. The molecule has 2 aliphatic heterocycles. The van der Waals surface area contributed by atoms with Gasteiger partial charge in [-0.3, -0.25) is 9.69 Å². The molecule has 0 aromatic heterocycles. The molecule has 25 heavy (non-hydrogen) atoms. The maximum absolute atomic E-state index is 12.5. The number of rotatable bonds is 6. The van der Waals surface area contributed by atoms with Crippen LogP contribution in [0.25, 0.3) is 0 Å². The Morgan fingerprint density at radius 2 is 1.64 bits per heavy atom. The molecule has 2 heterocycles. The second-order valence-corrected chi connectivity index (χ2v) is 8.26. The molecule has 1 atom stereocenters. The van der Waals surface area contributed by atoms with E-state index in [1.165, 1.54) is 44.9 Å². The largest absolute Gasteiger partial charge is 0.395 e. The van der Waals surface area contributed by atoms with E-state index in [9.17, 15) is 9.90 Å². The summed E-state index contributed by atoms with van der Waals surface area (Å²) in [4.78, 5) is 17.5. The van der Waals surface area contributed by atoms with E-state index in [0.29, 0.717) is 6.04 Å². The predicted molar refractivity (Wildman–Crippen MR) is 100 cm³/mol. The highest BCUT2D eigenvalue weighted by atomic mass is 16.3. The summed E-state index contributed by atoms with van der Waals surface area (Å²) in [5.41, 5.74) is 0. The van der Waals surface area contributed by atoms with Gasteiger partial charge in [0, 0.05) is 31.1 Å². The van der Waals surface area contributed by atoms with Crippen molar-refractivity contribution in [2.75, 3.05) is 39.3 Å². The van der Waals surface area contributed by atoms with Crippen molar-refractivity contribution in [3.8, 4) is 0 Å². The fourth-order valence-electron chi connectivity index (χ4n) is 5.00. The van der Waals surface area contributed by atoms with Gasteiger partial charge >= 0.3 is 0 Å². The van der Waals surface area contributed by atoms with Crippen LogP contribution in [0, 0.1) is 5.92 Å². The van der Waals surface area contributed by atoms with Gasteiger partial charge in [-0.15, -0.1) is 0 Å². The van der Waals surface area contributed by atoms with Gasteiger partial charge in [0.1, 0.15) is 0 Å². The van der Waals surface area contributed by atoms with Gasteiger partial charge in [0.2, 0.25) is 5.91 Å². The third kappa shape index (κ3) is 5.41. The van der Waals surface area contributed by atoms with Gasteiger partial charge in [-0.1, -0.05) is 25.7 Å². The Kier molecular flexibility index (Phi) is 7.56. The molecule has 2 saturated heterocycles. The van der Waals surface area contributed by atoms with Gasteiger partial charge in [-0.05, 0) is 58.2 Å². The molecule has 3 rings (SSSR count). The SMILES string of the molecule is O=C(NCCN1CCCC[C@@H]1CO)C1CCN(C2CCCCC2)CC1. The Bertz CT molecular complexity index is 404. The Morgan fingerprint density at radius 3 is 2.36 bits per heavy atom. The Morgan fingerprint density at radius 1 is 0.920 bits per heavy atom. The van der Waals surface area contributed by atoms with Gasteiger partial charge in [0.25, 0.3) is 0 Å². The van der Waals surface area contributed by atoms with Crippen molar-refractivity contribution in [3.05, 3.63) is 0 Å². The van der Waals surface area contributed by atoms with E-state index >= 15 is 0 Å². The van der Waals surface area contributed by atoms with Crippen LogP contribution >= 0.6 is 0 Å².